The third-order valence-corrected chi connectivity index (χ3v) is 4.01. The van der Waals surface area contributed by atoms with Gasteiger partial charge in [0.25, 0.3) is 0 Å². The second-order valence-corrected chi connectivity index (χ2v) is 7.22. The molecule has 0 bridgehead atoms. The standard InChI is InChI=1S/C17H34N2O/c1-14(2)12-19(13-15(3)4)17(20)18-11-10-16-8-6-5-7-9-16/h14-16H,5-13H2,1-4H3,(H,18,20). The van der Waals surface area contributed by atoms with Crippen LogP contribution < -0.4 is 5.32 Å². The molecule has 1 fully saturated rings. The number of carbonyl (C=O) groups is 1. The highest BCUT2D eigenvalue weighted by Gasteiger charge is 2.17. The average molecular weight is 282 g/mol. The van der Waals surface area contributed by atoms with E-state index >= 15 is 0 Å². The topological polar surface area (TPSA) is 32.3 Å². The number of carbonyl (C=O) groups excluding carboxylic acids is 1. The molecule has 118 valence electrons. The summed E-state index contributed by atoms with van der Waals surface area (Å²) in [7, 11) is 0. The maximum atomic E-state index is 12.3. The van der Waals surface area contributed by atoms with E-state index in [1.807, 2.05) is 4.90 Å². The molecule has 1 saturated carbocycles. The van der Waals surface area contributed by atoms with Gasteiger partial charge in [0.15, 0.2) is 0 Å². The van der Waals surface area contributed by atoms with Gasteiger partial charge in [-0.2, -0.15) is 0 Å². The smallest absolute Gasteiger partial charge is 0.317 e. The number of rotatable bonds is 7. The molecular weight excluding hydrogens is 248 g/mol. The van der Waals surface area contributed by atoms with Crippen molar-refractivity contribution in [1.29, 1.82) is 0 Å². The molecule has 0 heterocycles. The van der Waals surface area contributed by atoms with E-state index in [-0.39, 0.29) is 6.03 Å². The van der Waals surface area contributed by atoms with Crippen LogP contribution in [0.1, 0.15) is 66.2 Å². The molecule has 3 heteroatoms. The summed E-state index contributed by atoms with van der Waals surface area (Å²) in [5, 5.41) is 3.13. The van der Waals surface area contributed by atoms with Crippen molar-refractivity contribution in [3.05, 3.63) is 0 Å². The lowest BCUT2D eigenvalue weighted by molar-refractivity contribution is 0.182. The summed E-state index contributed by atoms with van der Waals surface area (Å²) in [6.07, 6.45) is 8.04. The lowest BCUT2D eigenvalue weighted by Gasteiger charge is -2.27. The third-order valence-electron chi connectivity index (χ3n) is 4.01. The molecule has 0 unspecified atom stereocenters. The highest BCUT2D eigenvalue weighted by atomic mass is 16.2. The Labute approximate surface area is 125 Å². The molecule has 1 N–H and O–H groups in total. The first-order chi connectivity index (χ1) is 9.49. The number of urea groups is 1. The van der Waals surface area contributed by atoms with Crippen molar-refractivity contribution in [2.45, 2.75) is 66.2 Å². The van der Waals surface area contributed by atoms with Crippen LogP contribution in [0.2, 0.25) is 0 Å². The van der Waals surface area contributed by atoms with Crippen molar-refractivity contribution in [3.63, 3.8) is 0 Å². The van der Waals surface area contributed by atoms with Crippen molar-refractivity contribution < 1.29 is 4.79 Å². The van der Waals surface area contributed by atoms with Gasteiger partial charge in [0.05, 0.1) is 0 Å². The molecule has 3 nitrogen and oxygen atoms in total. The van der Waals surface area contributed by atoms with Crippen LogP contribution in [0.3, 0.4) is 0 Å². The normalized spacial score (nSPS) is 16.7. The van der Waals surface area contributed by atoms with Gasteiger partial charge in [0.2, 0.25) is 0 Å². The Bertz CT molecular complexity index is 260. The summed E-state index contributed by atoms with van der Waals surface area (Å²) in [5.74, 6) is 1.89. The predicted octanol–water partition coefficient (Wildman–Crippen LogP) is 4.28. The summed E-state index contributed by atoms with van der Waals surface area (Å²) in [6, 6.07) is 0.128. The average Bonchev–Trinajstić information content (AvgIpc) is 2.38. The van der Waals surface area contributed by atoms with Crippen LogP contribution in [0.15, 0.2) is 0 Å². The van der Waals surface area contributed by atoms with Crippen LogP contribution >= 0.6 is 0 Å². The minimum Gasteiger partial charge on any atom is -0.338 e. The van der Waals surface area contributed by atoms with E-state index < -0.39 is 0 Å². The molecule has 0 saturated heterocycles. The molecule has 0 atom stereocenters. The lowest BCUT2D eigenvalue weighted by Crippen LogP contribution is -2.44. The predicted molar refractivity (Wildman–Crippen MR) is 85.8 cm³/mol. The van der Waals surface area contributed by atoms with Crippen LogP contribution in [0, 0.1) is 17.8 Å². The number of amides is 2. The van der Waals surface area contributed by atoms with Crippen molar-refractivity contribution in [2.75, 3.05) is 19.6 Å². The Balaban J connectivity index is 2.29. The minimum atomic E-state index is 0.128. The van der Waals surface area contributed by atoms with E-state index in [0.717, 1.165) is 32.0 Å². The van der Waals surface area contributed by atoms with E-state index in [1.165, 1.54) is 32.1 Å². The highest BCUT2D eigenvalue weighted by molar-refractivity contribution is 5.74. The summed E-state index contributed by atoms with van der Waals surface area (Å²) in [6.45, 7) is 11.2. The van der Waals surface area contributed by atoms with Gasteiger partial charge in [-0.1, -0.05) is 59.8 Å². The molecule has 2 amide bonds. The fourth-order valence-corrected chi connectivity index (χ4v) is 3.09. The first kappa shape index (κ1) is 17.3. The summed E-state index contributed by atoms with van der Waals surface area (Å²) >= 11 is 0. The van der Waals surface area contributed by atoms with Crippen LogP contribution in [0.25, 0.3) is 0 Å². The van der Waals surface area contributed by atoms with Gasteiger partial charge in [-0.05, 0) is 24.2 Å². The van der Waals surface area contributed by atoms with Gasteiger partial charge >= 0.3 is 6.03 Å². The van der Waals surface area contributed by atoms with E-state index in [1.54, 1.807) is 0 Å². The lowest BCUT2D eigenvalue weighted by atomic mass is 9.87. The minimum absolute atomic E-state index is 0.128. The van der Waals surface area contributed by atoms with Crippen molar-refractivity contribution in [2.24, 2.45) is 17.8 Å². The van der Waals surface area contributed by atoms with Crippen molar-refractivity contribution in [1.82, 2.24) is 10.2 Å². The number of nitrogens with one attached hydrogen (secondary N) is 1. The molecule has 0 radical (unpaired) electrons. The number of hydrogen-bond donors (Lipinski definition) is 1. The molecule has 0 aromatic heterocycles. The summed E-state index contributed by atoms with van der Waals surface area (Å²) < 4.78 is 0. The molecular formula is C17H34N2O. The maximum absolute atomic E-state index is 12.3. The fraction of sp³-hybridized carbons (Fsp3) is 0.941. The van der Waals surface area contributed by atoms with Crippen LogP contribution in [-0.2, 0) is 0 Å². The molecule has 0 aromatic carbocycles. The zero-order valence-corrected chi connectivity index (χ0v) is 14.0. The Morgan fingerprint density at radius 1 is 1.05 bits per heavy atom. The molecule has 1 rings (SSSR count). The van der Waals surface area contributed by atoms with Gasteiger partial charge in [-0.15, -0.1) is 0 Å². The Morgan fingerprint density at radius 3 is 2.10 bits per heavy atom. The highest BCUT2D eigenvalue weighted by Crippen LogP contribution is 2.25. The monoisotopic (exact) mass is 282 g/mol. The molecule has 0 aromatic rings. The quantitative estimate of drug-likeness (QED) is 0.742. The van der Waals surface area contributed by atoms with Gasteiger partial charge in [0, 0.05) is 19.6 Å². The number of hydrogen-bond acceptors (Lipinski definition) is 1. The Morgan fingerprint density at radius 2 is 1.60 bits per heavy atom. The van der Waals surface area contributed by atoms with Crippen LogP contribution in [0.4, 0.5) is 4.79 Å². The first-order valence-corrected chi connectivity index (χ1v) is 8.51. The molecule has 1 aliphatic carbocycles. The summed E-state index contributed by atoms with van der Waals surface area (Å²) in [5.41, 5.74) is 0. The Kier molecular flexibility index (Phi) is 8.01. The molecule has 0 aliphatic heterocycles. The van der Waals surface area contributed by atoms with Crippen molar-refractivity contribution in [3.8, 4) is 0 Å². The zero-order chi connectivity index (χ0) is 15.0. The summed E-state index contributed by atoms with van der Waals surface area (Å²) in [4.78, 5) is 14.3. The first-order valence-electron chi connectivity index (χ1n) is 8.51. The van der Waals surface area contributed by atoms with Gasteiger partial charge < -0.3 is 10.2 Å². The van der Waals surface area contributed by atoms with Gasteiger partial charge in [0.1, 0.15) is 0 Å². The van der Waals surface area contributed by atoms with E-state index in [2.05, 4.69) is 33.0 Å². The van der Waals surface area contributed by atoms with Gasteiger partial charge in [-0.3, -0.25) is 0 Å². The van der Waals surface area contributed by atoms with Crippen LogP contribution in [0.5, 0.6) is 0 Å². The fourth-order valence-electron chi connectivity index (χ4n) is 3.09. The van der Waals surface area contributed by atoms with E-state index in [4.69, 9.17) is 0 Å². The molecule has 20 heavy (non-hydrogen) atoms. The van der Waals surface area contributed by atoms with E-state index in [9.17, 15) is 4.79 Å². The second-order valence-electron chi connectivity index (χ2n) is 7.22. The molecule has 0 spiro atoms. The zero-order valence-electron chi connectivity index (χ0n) is 14.0. The molecule has 1 aliphatic rings. The maximum Gasteiger partial charge on any atom is 0.317 e. The Hall–Kier alpha value is -0.730. The largest absolute Gasteiger partial charge is 0.338 e. The third kappa shape index (κ3) is 7.16. The van der Waals surface area contributed by atoms with Crippen LogP contribution in [-0.4, -0.2) is 30.6 Å². The SMILES string of the molecule is CC(C)CN(CC(C)C)C(=O)NCCC1CCCCC1. The van der Waals surface area contributed by atoms with Gasteiger partial charge in [-0.25, -0.2) is 4.79 Å². The second kappa shape index (κ2) is 9.25. The van der Waals surface area contributed by atoms with E-state index in [0.29, 0.717) is 11.8 Å². The number of nitrogens with zero attached hydrogens (tertiary/aromatic N) is 1. The van der Waals surface area contributed by atoms with Crippen molar-refractivity contribution >= 4 is 6.03 Å².